The summed E-state index contributed by atoms with van der Waals surface area (Å²) in [7, 11) is 0. The van der Waals surface area contributed by atoms with E-state index in [2.05, 4.69) is 13.2 Å². The number of aliphatic hydroxyl groups is 1. The van der Waals surface area contributed by atoms with Crippen LogP contribution in [0.15, 0.2) is 86.0 Å². The molecule has 0 radical (unpaired) electrons. The molecule has 3 saturated heterocycles. The molecule has 1 aliphatic carbocycles. The zero-order chi connectivity index (χ0) is 30.8. The van der Waals surface area contributed by atoms with Crippen LogP contribution in [0.5, 0.6) is 0 Å². The van der Waals surface area contributed by atoms with E-state index >= 15 is 0 Å². The van der Waals surface area contributed by atoms with E-state index in [1.165, 1.54) is 0 Å². The number of hydrogen-bond donors (Lipinski definition) is 1. The summed E-state index contributed by atoms with van der Waals surface area (Å²) in [5.74, 6) is -1.60. The number of anilines is 1. The van der Waals surface area contributed by atoms with Gasteiger partial charge in [0.15, 0.2) is 0 Å². The van der Waals surface area contributed by atoms with Gasteiger partial charge in [0.1, 0.15) is 6.04 Å². The first kappa shape index (κ1) is 30.7. The third kappa shape index (κ3) is 5.10. The minimum atomic E-state index is -0.781. The topological polar surface area (TPSA) is 81.2 Å². The van der Waals surface area contributed by atoms with Gasteiger partial charge in [0.25, 0.3) is 0 Å². The molecule has 0 aromatic heterocycles. The summed E-state index contributed by atoms with van der Waals surface area (Å²) in [6.07, 6.45) is 10.1. The molecule has 2 unspecified atom stereocenters. The SMILES string of the molecule is C=CCN(C(=O)[C@@H]1[C@@H]2CCC3(S2)C(C(=O)N(CC=C)C2CCCCC2)N([C@H](CO)c2ccccc2)C(=O)[C@H]13)c1ccccc1. The van der Waals surface area contributed by atoms with Crippen LogP contribution in [0, 0.1) is 11.8 Å². The van der Waals surface area contributed by atoms with E-state index in [9.17, 15) is 19.5 Å². The number of likely N-dealkylation sites (tertiary alicyclic amines) is 1. The first-order chi connectivity index (χ1) is 21.5. The Bertz CT molecular complexity index is 1380. The molecule has 6 atom stereocenters. The Morgan fingerprint density at radius 1 is 0.955 bits per heavy atom. The molecule has 4 aliphatic rings. The summed E-state index contributed by atoms with van der Waals surface area (Å²) in [6.45, 7) is 8.30. The van der Waals surface area contributed by atoms with Gasteiger partial charge in [-0.15, -0.1) is 24.9 Å². The minimum absolute atomic E-state index is 0.0586. The molecule has 232 valence electrons. The summed E-state index contributed by atoms with van der Waals surface area (Å²) in [6, 6.07) is 17.6. The first-order valence-corrected chi connectivity index (χ1v) is 16.9. The average Bonchev–Trinajstić information content (AvgIpc) is 3.71. The molecule has 44 heavy (non-hydrogen) atoms. The fourth-order valence-corrected chi connectivity index (χ4v) is 10.6. The number of hydrogen-bond acceptors (Lipinski definition) is 5. The van der Waals surface area contributed by atoms with Gasteiger partial charge >= 0.3 is 0 Å². The molecule has 6 rings (SSSR count). The van der Waals surface area contributed by atoms with Gasteiger partial charge in [0.05, 0.1) is 29.2 Å². The number of aliphatic hydroxyl groups excluding tert-OH is 1. The maximum Gasteiger partial charge on any atom is 0.247 e. The Morgan fingerprint density at radius 3 is 2.25 bits per heavy atom. The zero-order valence-corrected chi connectivity index (χ0v) is 26.1. The second-order valence-electron chi connectivity index (χ2n) is 12.6. The van der Waals surface area contributed by atoms with Gasteiger partial charge in [-0.2, -0.15) is 0 Å². The molecule has 3 amide bonds. The van der Waals surface area contributed by atoms with E-state index in [-0.39, 0.29) is 35.6 Å². The Labute approximate surface area is 265 Å². The summed E-state index contributed by atoms with van der Waals surface area (Å²) < 4.78 is -0.744. The molecule has 7 nitrogen and oxygen atoms in total. The van der Waals surface area contributed by atoms with Crippen LogP contribution in [0.25, 0.3) is 0 Å². The normalized spacial score (nSPS) is 28.4. The van der Waals surface area contributed by atoms with Gasteiger partial charge in [-0.1, -0.05) is 79.9 Å². The van der Waals surface area contributed by atoms with Crippen molar-refractivity contribution < 1.29 is 19.5 Å². The van der Waals surface area contributed by atoms with Crippen LogP contribution in [0.3, 0.4) is 0 Å². The van der Waals surface area contributed by atoms with Gasteiger partial charge in [-0.05, 0) is 43.4 Å². The fourth-order valence-electron chi connectivity index (χ4n) is 8.36. The van der Waals surface area contributed by atoms with Crippen LogP contribution in [0.1, 0.15) is 56.6 Å². The van der Waals surface area contributed by atoms with Crippen molar-refractivity contribution >= 4 is 35.2 Å². The molecule has 3 aliphatic heterocycles. The molecule has 1 saturated carbocycles. The number of thioether (sulfide) groups is 1. The van der Waals surface area contributed by atoms with Gasteiger partial charge in [-0.3, -0.25) is 14.4 Å². The van der Waals surface area contributed by atoms with E-state index < -0.39 is 28.7 Å². The van der Waals surface area contributed by atoms with Crippen molar-refractivity contribution in [3.05, 3.63) is 91.5 Å². The van der Waals surface area contributed by atoms with Crippen LogP contribution in [-0.4, -0.2) is 74.4 Å². The second kappa shape index (κ2) is 12.9. The number of carbonyl (C=O) groups excluding carboxylic acids is 3. The standard InChI is InChI=1S/C36H43N3O4S/c1-3-22-37(26-16-10-6-11-17-26)33(41)30-29-20-21-36(44-29)31(30)34(42)39(28(24-40)25-14-8-5-9-15-25)32(36)35(43)38(23-4-2)27-18-12-7-13-19-27/h3-6,8-11,14-17,27-32,40H,1-2,7,12-13,18-24H2/t28-,29+,30-,31+,32?,36?/m1/s1. The number of benzene rings is 2. The molecule has 4 fully saturated rings. The number of para-hydroxylation sites is 1. The van der Waals surface area contributed by atoms with E-state index in [1.54, 1.807) is 33.7 Å². The van der Waals surface area contributed by atoms with Crippen molar-refractivity contribution in [1.82, 2.24) is 9.80 Å². The molecule has 8 heteroatoms. The van der Waals surface area contributed by atoms with Gasteiger partial charge < -0.3 is 19.8 Å². The second-order valence-corrected chi connectivity index (χ2v) is 14.2. The van der Waals surface area contributed by atoms with Crippen LogP contribution >= 0.6 is 11.8 Å². The molecule has 2 aromatic rings. The molecule has 2 bridgehead atoms. The van der Waals surface area contributed by atoms with Crippen molar-refractivity contribution in [2.45, 2.75) is 73.1 Å². The molecule has 1 N–H and O–H groups in total. The summed E-state index contributed by atoms with van der Waals surface area (Å²) in [5.41, 5.74) is 1.55. The van der Waals surface area contributed by atoms with Gasteiger partial charge in [-0.25, -0.2) is 0 Å². The van der Waals surface area contributed by atoms with Crippen LogP contribution in [-0.2, 0) is 14.4 Å². The van der Waals surface area contributed by atoms with Crippen molar-refractivity contribution in [2.75, 3.05) is 24.6 Å². The van der Waals surface area contributed by atoms with E-state index in [4.69, 9.17) is 0 Å². The Hall–Kier alpha value is -3.36. The molecule has 1 spiro atoms. The number of amides is 3. The maximum absolute atomic E-state index is 15.0. The lowest BCUT2D eigenvalue weighted by Gasteiger charge is -2.42. The predicted octanol–water partition coefficient (Wildman–Crippen LogP) is 5.38. The van der Waals surface area contributed by atoms with Crippen LogP contribution in [0.4, 0.5) is 5.69 Å². The minimum Gasteiger partial charge on any atom is -0.394 e. The third-order valence-corrected chi connectivity index (χ3v) is 12.2. The van der Waals surface area contributed by atoms with Crippen molar-refractivity contribution in [3.63, 3.8) is 0 Å². The van der Waals surface area contributed by atoms with E-state index in [0.717, 1.165) is 49.8 Å². The quantitative estimate of drug-likeness (QED) is 0.345. The van der Waals surface area contributed by atoms with Gasteiger partial charge in [0, 0.05) is 30.1 Å². The average molecular weight is 614 g/mol. The van der Waals surface area contributed by atoms with Crippen LogP contribution in [0.2, 0.25) is 0 Å². The number of nitrogens with zero attached hydrogens (tertiary/aromatic N) is 3. The van der Waals surface area contributed by atoms with Crippen LogP contribution < -0.4 is 4.90 Å². The highest BCUT2D eigenvalue weighted by Gasteiger charge is 2.75. The Kier molecular flexibility index (Phi) is 9.01. The summed E-state index contributed by atoms with van der Waals surface area (Å²) >= 11 is 1.68. The molecule has 3 heterocycles. The largest absolute Gasteiger partial charge is 0.394 e. The highest BCUT2D eigenvalue weighted by molar-refractivity contribution is 8.02. The van der Waals surface area contributed by atoms with Crippen molar-refractivity contribution in [3.8, 4) is 0 Å². The number of carbonyl (C=O) groups is 3. The predicted molar refractivity (Wildman–Crippen MR) is 175 cm³/mol. The molecular formula is C36H43N3O4S. The lowest BCUT2D eigenvalue weighted by Crippen LogP contribution is -2.58. The number of fused-ring (bicyclic) bond motifs is 1. The van der Waals surface area contributed by atoms with E-state index in [1.807, 2.05) is 65.6 Å². The maximum atomic E-state index is 15.0. The van der Waals surface area contributed by atoms with Crippen molar-refractivity contribution in [2.24, 2.45) is 11.8 Å². The lowest BCUT2D eigenvalue weighted by atomic mass is 9.70. The summed E-state index contributed by atoms with van der Waals surface area (Å²) in [5, 5.41) is 10.8. The first-order valence-electron chi connectivity index (χ1n) is 16.0. The highest BCUT2D eigenvalue weighted by atomic mass is 32.2. The smallest absolute Gasteiger partial charge is 0.247 e. The zero-order valence-electron chi connectivity index (χ0n) is 25.3. The van der Waals surface area contributed by atoms with Gasteiger partial charge in [0.2, 0.25) is 17.7 Å². The monoisotopic (exact) mass is 613 g/mol. The van der Waals surface area contributed by atoms with E-state index in [0.29, 0.717) is 19.5 Å². The lowest BCUT2D eigenvalue weighted by molar-refractivity contribution is -0.147. The Morgan fingerprint density at radius 2 is 1.61 bits per heavy atom. The third-order valence-electron chi connectivity index (χ3n) is 10.2. The molecular weight excluding hydrogens is 570 g/mol. The molecule has 2 aromatic carbocycles. The summed E-state index contributed by atoms with van der Waals surface area (Å²) in [4.78, 5) is 49.7. The Balaban J connectivity index is 1.44. The highest BCUT2D eigenvalue weighted by Crippen LogP contribution is 2.67. The fraction of sp³-hybridized carbons (Fsp3) is 0.472. The van der Waals surface area contributed by atoms with Crippen molar-refractivity contribution in [1.29, 1.82) is 0 Å². The number of rotatable bonds is 11.